The maximum absolute atomic E-state index is 8.39. The van der Waals surface area contributed by atoms with Gasteiger partial charge in [-0.25, -0.2) is 0 Å². The fourth-order valence-electron chi connectivity index (χ4n) is 0. The van der Waals surface area contributed by atoms with Gasteiger partial charge < -0.3 is 10.4 Å². The average Bonchev–Trinajstić information content (AvgIpc) is 1.66. The Hall–Kier alpha value is -0.930. The van der Waals surface area contributed by atoms with Crippen LogP contribution in [0, 0.1) is 20.2 Å². The first-order chi connectivity index (χ1) is 4.46. The Morgan fingerprint density at radius 1 is 1.00 bits per heavy atom. The van der Waals surface area contributed by atoms with Gasteiger partial charge in [-0.05, 0) is 0 Å². The van der Waals surface area contributed by atoms with E-state index in [0.717, 1.165) is 0 Å². The van der Waals surface area contributed by atoms with Crippen molar-refractivity contribution in [2.75, 3.05) is 0 Å². The van der Waals surface area contributed by atoms with Gasteiger partial charge in [-0.2, -0.15) is 0 Å². The molecule has 0 aliphatic heterocycles. The Labute approximate surface area is 68.5 Å². The Kier molecular flexibility index (Phi) is 25.2. The van der Waals surface area contributed by atoms with E-state index in [1.165, 1.54) is 0 Å². The molecule has 58 valence electrons. The molecule has 0 amide bonds. The van der Waals surface area contributed by atoms with Crippen LogP contribution < -0.4 is 0 Å². The van der Waals surface area contributed by atoms with Crippen LogP contribution in [0.4, 0.5) is 0 Å². The summed E-state index contributed by atoms with van der Waals surface area (Å²) in [5.41, 5.74) is 0. The van der Waals surface area contributed by atoms with Crippen LogP contribution in [0.15, 0.2) is 0 Å². The van der Waals surface area contributed by atoms with E-state index in [1.807, 2.05) is 0 Å². The zero-order valence-electron chi connectivity index (χ0n) is 4.33. The van der Waals surface area contributed by atoms with Crippen molar-refractivity contribution in [2.45, 2.75) is 0 Å². The van der Waals surface area contributed by atoms with Crippen LogP contribution in [-0.4, -0.2) is 20.6 Å². The molecule has 0 aliphatic rings. The van der Waals surface area contributed by atoms with Gasteiger partial charge in [-0.15, -0.1) is 20.2 Å². The predicted molar refractivity (Wildman–Crippen MR) is 18.2 cm³/mol. The van der Waals surface area contributed by atoms with E-state index in [1.54, 1.807) is 0 Å². The minimum atomic E-state index is -1.50. The van der Waals surface area contributed by atoms with Crippen molar-refractivity contribution in [1.29, 1.82) is 0 Å². The van der Waals surface area contributed by atoms with Gasteiger partial charge in [-0.3, -0.25) is 0 Å². The molecular weight excluding hydrogens is 318 g/mol. The van der Waals surface area contributed by atoms with Crippen molar-refractivity contribution in [3.8, 4) is 0 Å². The van der Waals surface area contributed by atoms with Crippen LogP contribution in [0.5, 0.6) is 0 Å². The van der Waals surface area contributed by atoms with Crippen molar-refractivity contribution in [2.24, 2.45) is 0 Å². The zero-order valence-corrected chi connectivity index (χ0v) is 7.92. The van der Waals surface area contributed by atoms with Crippen molar-refractivity contribution in [3.05, 3.63) is 20.2 Å². The molecule has 0 aromatic heterocycles. The third kappa shape index (κ3) is 301. The Bertz CT molecular complexity index is 79.8. The average molecular weight is 321 g/mol. The molecule has 0 atom stereocenters. The van der Waals surface area contributed by atoms with Crippen LogP contribution in [0.1, 0.15) is 0 Å². The quantitative estimate of drug-likeness (QED) is 0.337. The van der Waals surface area contributed by atoms with Gasteiger partial charge in [0.25, 0.3) is 10.2 Å². The number of hydrogen-bond donors (Lipinski definition) is 2. The summed E-state index contributed by atoms with van der Waals surface area (Å²) in [4.78, 5) is 16.7. The molecule has 0 saturated carbocycles. The molecular formula is H2HfN2O7. The fraction of sp³-hybridized carbons (Fsp3) is 0. The minimum absolute atomic E-state index is 0.0556. The van der Waals surface area contributed by atoms with E-state index in [4.69, 9.17) is 33.5 Å². The summed E-state index contributed by atoms with van der Waals surface area (Å²) < 4.78 is 8.39. The summed E-state index contributed by atoms with van der Waals surface area (Å²) in [6.07, 6.45) is 0. The molecule has 10 heavy (non-hydrogen) atoms. The van der Waals surface area contributed by atoms with Gasteiger partial charge in [-0.1, -0.05) is 0 Å². The van der Waals surface area contributed by atoms with Crippen molar-refractivity contribution in [1.82, 2.24) is 0 Å². The van der Waals surface area contributed by atoms with Gasteiger partial charge >= 0.3 is 27.2 Å². The Morgan fingerprint density at radius 3 is 1.00 bits per heavy atom. The van der Waals surface area contributed by atoms with Crippen LogP contribution in [0.25, 0.3) is 0 Å². The summed E-state index contributed by atoms with van der Waals surface area (Å²) in [7, 11) is 0. The molecule has 0 unspecified atom stereocenters. The summed E-state index contributed by atoms with van der Waals surface area (Å²) in [5.74, 6) is 0. The molecule has 0 aliphatic carbocycles. The Morgan fingerprint density at radius 2 is 1.00 bits per heavy atom. The van der Waals surface area contributed by atoms with Crippen LogP contribution in [0.2, 0.25) is 0 Å². The SMILES string of the molecule is O=[N+]([O-])O.O=[N+]([O-])O.[O]=[Hf]. The normalized spacial score (nSPS) is 5.10. The molecule has 9 nitrogen and oxygen atoms in total. The molecule has 0 fully saturated rings. The van der Waals surface area contributed by atoms with E-state index in [2.05, 4.69) is 0 Å². The molecule has 0 saturated heterocycles. The van der Waals surface area contributed by atoms with Gasteiger partial charge in [0.2, 0.25) is 0 Å². The molecule has 0 bridgehead atoms. The van der Waals surface area contributed by atoms with E-state index >= 15 is 0 Å². The first-order valence-corrected chi connectivity index (χ1v) is 2.80. The molecule has 0 aromatic carbocycles. The first-order valence-electron chi connectivity index (χ1n) is 1.33. The molecule has 2 N–H and O–H groups in total. The van der Waals surface area contributed by atoms with Crippen molar-refractivity contribution >= 4 is 0 Å². The van der Waals surface area contributed by atoms with Gasteiger partial charge in [0, 0.05) is 0 Å². The standard InChI is InChI=1S/Hf.2HNO3.O/c;2*2-1(3)4;/h;2*(H,2,3,4);. The molecule has 10 heteroatoms. The number of rotatable bonds is 0. The third-order valence-corrected chi connectivity index (χ3v) is 0. The topological polar surface area (TPSA) is 144 Å². The van der Waals surface area contributed by atoms with E-state index < -0.39 is 10.2 Å². The van der Waals surface area contributed by atoms with E-state index in [-0.39, 0.29) is 24.4 Å². The zero-order chi connectivity index (χ0) is 9.15. The second-order valence-electron chi connectivity index (χ2n) is 0.476. The second kappa shape index (κ2) is 15.7. The van der Waals surface area contributed by atoms with Gasteiger partial charge in [0.05, 0.1) is 0 Å². The monoisotopic (exact) mass is 322 g/mol. The Balaban J connectivity index is -0.0000000787. The third-order valence-electron chi connectivity index (χ3n) is 0. The second-order valence-corrected chi connectivity index (χ2v) is 0.476. The van der Waals surface area contributed by atoms with E-state index in [9.17, 15) is 0 Å². The molecule has 0 spiro atoms. The van der Waals surface area contributed by atoms with Crippen molar-refractivity contribution < 1.29 is 47.8 Å². The van der Waals surface area contributed by atoms with Crippen LogP contribution >= 0.6 is 0 Å². The number of hydrogen-bond acceptors (Lipinski definition) is 5. The van der Waals surface area contributed by atoms with Crippen molar-refractivity contribution in [3.63, 3.8) is 0 Å². The van der Waals surface area contributed by atoms with Crippen LogP contribution in [-0.2, 0) is 27.2 Å². The van der Waals surface area contributed by atoms with Gasteiger partial charge in [0.15, 0.2) is 0 Å². The van der Waals surface area contributed by atoms with E-state index in [0.29, 0.717) is 0 Å². The number of nitrogens with zero attached hydrogens (tertiary/aromatic N) is 2. The molecule has 0 radical (unpaired) electrons. The first kappa shape index (κ1) is 16.0. The fourth-order valence-corrected chi connectivity index (χ4v) is 0. The predicted octanol–water partition coefficient (Wildman–Crippen LogP) is -0.817. The summed E-state index contributed by atoms with van der Waals surface area (Å²) in [6, 6.07) is 0. The maximum atomic E-state index is 8.39. The molecule has 0 heterocycles. The molecule has 0 aromatic rings. The summed E-state index contributed by atoms with van der Waals surface area (Å²) >= 11 is 0.0556. The summed E-state index contributed by atoms with van der Waals surface area (Å²) in [6.45, 7) is 0. The summed E-state index contributed by atoms with van der Waals surface area (Å²) in [5, 5.41) is 27.3. The van der Waals surface area contributed by atoms with Crippen LogP contribution in [0.3, 0.4) is 0 Å². The van der Waals surface area contributed by atoms with Gasteiger partial charge in [0.1, 0.15) is 0 Å². The molecule has 0 rings (SSSR count).